The first-order valence-corrected chi connectivity index (χ1v) is 9.51. The number of thioether (sulfide) groups is 1. The highest BCUT2D eigenvalue weighted by Gasteiger charge is 2.15. The number of aryl methyl sites for hydroxylation is 2. The number of nitrogens with zero attached hydrogens (tertiary/aromatic N) is 4. The number of hydrogen-bond donors (Lipinski definition) is 0. The SMILES string of the molecule is Cc1ccc(-c2nc3ccc(C)cn3c2CSc2nncs2)cc1. The molecule has 0 saturated heterocycles. The average Bonchev–Trinajstić information content (AvgIpc) is 3.21. The summed E-state index contributed by atoms with van der Waals surface area (Å²) in [6.45, 7) is 4.20. The summed E-state index contributed by atoms with van der Waals surface area (Å²) in [6, 6.07) is 12.7. The van der Waals surface area contributed by atoms with Crippen LogP contribution in [-0.2, 0) is 5.75 Å². The molecular weight excluding hydrogens is 336 g/mol. The van der Waals surface area contributed by atoms with Crippen LogP contribution in [0.4, 0.5) is 0 Å². The molecule has 0 radical (unpaired) electrons. The maximum Gasteiger partial charge on any atom is 0.174 e. The molecule has 0 spiro atoms. The van der Waals surface area contributed by atoms with Gasteiger partial charge in [0.1, 0.15) is 11.2 Å². The van der Waals surface area contributed by atoms with Crippen LogP contribution in [0.3, 0.4) is 0 Å². The van der Waals surface area contributed by atoms with Gasteiger partial charge in [0, 0.05) is 17.5 Å². The van der Waals surface area contributed by atoms with E-state index >= 15 is 0 Å². The molecule has 3 heterocycles. The first-order valence-electron chi connectivity index (χ1n) is 7.64. The van der Waals surface area contributed by atoms with Crippen molar-refractivity contribution < 1.29 is 0 Å². The molecule has 0 aliphatic rings. The summed E-state index contributed by atoms with van der Waals surface area (Å²) in [5, 5.41) is 8.04. The van der Waals surface area contributed by atoms with Crippen LogP contribution in [0, 0.1) is 13.8 Å². The third-order valence-corrected chi connectivity index (χ3v) is 5.73. The van der Waals surface area contributed by atoms with E-state index in [0.717, 1.165) is 27.0 Å². The third kappa shape index (κ3) is 2.95. The lowest BCUT2D eigenvalue weighted by molar-refractivity contribution is 1.01. The molecule has 0 unspecified atom stereocenters. The zero-order valence-electron chi connectivity index (χ0n) is 13.4. The molecule has 0 saturated carbocycles. The van der Waals surface area contributed by atoms with E-state index in [1.807, 2.05) is 0 Å². The molecular formula is C18H16N4S2. The van der Waals surface area contributed by atoms with Crippen molar-refractivity contribution in [3.05, 3.63) is 64.9 Å². The molecule has 1 aromatic carbocycles. The summed E-state index contributed by atoms with van der Waals surface area (Å²) in [5.74, 6) is 0.809. The summed E-state index contributed by atoms with van der Waals surface area (Å²) >= 11 is 3.27. The molecule has 4 rings (SSSR count). The van der Waals surface area contributed by atoms with Crippen LogP contribution < -0.4 is 0 Å². The van der Waals surface area contributed by atoms with Crippen molar-refractivity contribution in [2.24, 2.45) is 0 Å². The van der Waals surface area contributed by atoms with Gasteiger partial charge in [0.25, 0.3) is 0 Å². The molecule has 0 atom stereocenters. The van der Waals surface area contributed by atoms with Gasteiger partial charge in [-0.25, -0.2) is 4.98 Å². The van der Waals surface area contributed by atoms with Crippen LogP contribution in [0.25, 0.3) is 16.9 Å². The fraction of sp³-hybridized carbons (Fsp3) is 0.167. The van der Waals surface area contributed by atoms with Crippen molar-refractivity contribution in [2.45, 2.75) is 23.9 Å². The molecule has 0 amide bonds. The zero-order valence-corrected chi connectivity index (χ0v) is 15.1. The van der Waals surface area contributed by atoms with Gasteiger partial charge >= 0.3 is 0 Å². The maximum atomic E-state index is 4.87. The van der Waals surface area contributed by atoms with Gasteiger partial charge in [0.15, 0.2) is 4.34 Å². The van der Waals surface area contributed by atoms with Crippen molar-refractivity contribution >= 4 is 28.7 Å². The van der Waals surface area contributed by atoms with E-state index in [1.54, 1.807) is 28.6 Å². The van der Waals surface area contributed by atoms with E-state index in [0.29, 0.717) is 0 Å². The van der Waals surface area contributed by atoms with Crippen molar-refractivity contribution in [3.8, 4) is 11.3 Å². The van der Waals surface area contributed by atoms with E-state index in [2.05, 4.69) is 71.0 Å². The van der Waals surface area contributed by atoms with E-state index in [9.17, 15) is 0 Å². The molecule has 120 valence electrons. The van der Waals surface area contributed by atoms with Gasteiger partial charge in [-0.3, -0.25) is 0 Å². The zero-order chi connectivity index (χ0) is 16.5. The molecule has 0 bridgehead atoms. The van der Waals surface area contributed by atoms with Crippen LogP contribution in [0.15, 0.2) is 52.4 Å². The Kier molecular flexibility index (Phi) is 4.08. The third-order valence-electron chi connectivity index (χ3n) is 3.86. The Morgan fingerprint density at radius 2 is 1.83 bits per heavy atom. The normalized spacial score (nSPS) is 11.2. The van der Waals surface area contributed by atoms with Crippen LogP contribution in [0.5, 0.6) is 0 Å². The summed E-state index contributed by atoms with van der Waals surface area (Å²) in [5.41, 5.74) is 8.59. The molecule has 0 aliphatic carbocycles. The average molecular weight is 352 g/mol. The van der Waals surface area contributed by atoms with Crippen molar-refractivity contribution in [1.82, 2.24) is 19.6 Å². The second kappa shape index (κ2) is 6.37. The number of fused-ring (bicyclic) bond motifs is 1. The predicted molar refractivity (Wildman–Crippen MR) is 99.6 cm³/mol. The van der Waals surface area contributed by atoms with Gasteiger partial charge in [-0.15, -0.1) is 10.2 Å². The summed E-state index contributed by atoms with van der Waals surface area (Å²) in [7, 11) is 0. The Morgan fingerprint density at radius 3 is 2.58 bits per heavy atom. The van der Waals surface area contributed by atoms with Crippen LogP contribution in [0.1, 0.15) is 16.8 Å². The molecule has 6 heteroatoms. The number of benzene rings is 1. The number of imidazole rings is 1. The van der Waals surface area contributed by atoms with Gasteiger partial charge in [0.2, 0.25) is 0 Å². The second-order valence-corrected chi connectivity index (χ2v) is 7.76. The Morgan fingerprint density at radius 1 is 1.04 bits per heavy atom. The highest BCUT2D eigenvalue weighted by molar-refractivity contribution is 8.00. The molecule has 24 heavy (non-hydrogen) atoms. The number of hydrogen-bond acceptors (Lipinski definition) is 5. The summed E-state index contributed by atoms with van der Waals surface area (Å²) < 4.78 is 3.17. The molecule has 0 aliphatic heterocycles. The Bertz CT molecular complexity index is 972. The standard InChI is InChI=1S/C18H16N4S2/c1-12-3-6-14(7-4-12)17-15(10-23-18-21-19-11-24-18)22-9-13(2)5-8-16(22)20-17/h3-9,11H,10H2,1-2H3. The van der Waals surface area contributed by atoms with Crippen molar-refractivity contribution in [1.29, 1.82) is 0 Å². The topological polar surface area (TPSA) is 43.1 Å². The molecule has 4 aromatic rings. The van der Waals surface area contributed by atoms with E-state index in [-0.39, 0.29) is 0 Å². The fourth-order valence-electron chi connectivity index (χ4n) is 2.64. The summed E-state index contributed by atoms with van der Waals surface area (Å²) in [4.78, 5) is 4.87. The van der Waals surface area contributed by atoms with Gasteiger partial charge in [-0.05, 0) is 25.5 Å². The monoisotopic (exact) mass is 352 g/mol. The van der Waals surface area contributed by atoms with Crippen molar-refractivity contribution in [3.63, 3.8) is 0 Å². The van der Waals surface area contributed by atoms with Gasteiger partial charge < -0.3 is 4.40 Å². The highest BCUT2D eigenvalue weighted by Crippen LogP contribution is 2.31. The second-order valence-electron chi connectivity index (χ2n) is 5.70. The predicted octanol–water partition coefficient (Wildman–Crippen LogP) is 4.76. The lowest BCUT2D eigenvalue weighted by Crippen LogP contribution is -1.94. The van der Waals surface area contributed by atoms with Gasteiger partial charge in [-0.2, -0.15) is 0 Å². The van der Waals surface area contributed by atoms with E-state index in [1.165, 1.54) is 16.8 Å². The smallest absolute Gasteiger partial charge is 0.174 e. The Hall–Kier alpha value is -2.18. The fourth-order valence-corrected chi connectivity index (χ4v) is 4.13. The highest BCUT2D eigenvalue weighted by atomic mass is 32.2. The number of rotatable bonds is 4. The largest absolute Gasteiger partial charge is 0.302 e. The maximum absolute atomic E-state index is 4.87. The lowest BCUT2D eigenvalue weighted by atomic mass is 10.1. The first kappa shape index (κ1) is 15.4. The summed E-state index contributed by atoms with van der Waals surface area (Å²) in [6.07, 6.45) is 2.15. The van der Waals surface area contributed by atoms with Crippen LogP contribution >= 0.6 is 23.1 Å². The quantitative estimate of drug-likeness (QED) is 0.497. The van der Waals surface area contributed by atoms with Gasteiger partial charge in [0.05, 0.1) is 11.4 Å². The Balaban J connectivity index is 1.81. The minimum absolute atomic E-state index is 0.809. The number of aromatic nitrogens is 4. The van der Waals surface area contributed by atoms with E-state index in [4.69, 9.17) is 4.98 Å². The Labute approximate surface area is 148 Å². The lowest BCUT2D eigenvalue weighted by Gasteiger charge is -2.05. The molecule has 0 N–H and O–H groups in total. The van der Waals surface area contributed by atoms with Gasteiger partial charge in [-0.1, -0.05) is 59.0 Å². The van der Waals surface area contributed by atoms with Crippen LogP contribution in [0.2, 0.25) is 0 Å². The molecule has 0 fully saturated rings. The van der Waals surface area contributed by atoms with E-state index < -0.39 is 0 Å². The first-order chi connectivity index (χ1) is 11.7. The minimum atomic E-state index is 0.809. The minimum Gasteiger partial charge on any atom is -0.302 e. The number of pyridine rings is 1. The molecule has 4 nitrogen and oxygen atoms in total. The van der Waals surface area contributed by atoms with Crippen LogP contribution in [-0.4, -0.2) is 19.6 Å². The van der Waals surface area contributed by atoms with Crippen molar-refractivity contribution in [2.75, 3.05) is 0 Å². The molecule has 3 aromatic heterocycles.